The first-order valence-corrected chi connectivity index (χ1v) is 11.5. The maximum absolute atomic E-state index is 13.3. The maximum Gasteiger partial charge on any atom is 0.328 e. The summed E-state index contributed by atoms with van der Waals surface area (Å²) in [5, 5.41) is 12.4. The number of esters is 1. The van der Waals surface area contributed by atoms with Gasteiger partial charge in [0.1, 0.15) is 18.4 Å². The van der Waals surface area contributed by atoms with Gasteiger partial charge in [-0.3, -0.25) is 9.59 Å². The highest BCUT2D eigenvalue weighted by Gasteiger charge is 2.58. The highest BCUT2D eigenvalue weighted by molar-refractivity contribution is 5.90. The minimum absolute atomic E-state index is 0.246. The summed E-state index contributed by atoms with van der Waals surface area (Å²) in [6.07, 6.45) is 1.10. The van der Waals surface area contributed by atoms with Gasteiger partial charge in [-0.1, -0.05) is 63.2 Å². The summed E-state index contributed by atoms with van der Waals surface area (Å²) < 4.78 is 10.7. The molecule has 2 aromatic carbocycles. The molecule has 1 amide bonds. The lowest BCUT2D eigenvalue weighted by atomic mass is 9.65. The van der Waals surface area contributed by atoms with Gasteiger partial charge in [-0.2, -0.15) is 0 Å². The predicted molar refractivity (Wildman–Crippen MR) is 127 cm³/mol. The number of hydrogen-bond donors (Lipinski definition) is 2. The van der Waals surface area contributed by atoms with Crippen LogP contribution >= 0.6 is 0 Å². The lowest BCUT2D eigenvalue weighted by Crippen LogP contribution is -2.53. The fourth-order valence-corrected chi connectivity index (χ4v) is 4.69. The number of carbonyl (C=O) groups is 3. The molecule has 0 radical (unpaired) electrons. The minimum atomic E-state index is -0.919. The minimum Gasteiger partial charge on any atom is -0.489 e. The third kappa shape index (κ3) is 5.24. The molecule has 0 heterocycles. The zero-order valence-electron chi connectivity index (χ0n) is 20.2. The van der Waals surface area contributed by atoms with Gasteiger partial charge in [0, 0.05) is 6.42 Å². The molecular formula is C27H33NO6. The van der Waals surface area contributed by atoms with Crippen LogP contribution in [0.15, 0.2) is 54.6 Å². The Labute approximate surface area is 200 Å². The summed E-state index contributed by atoms with van der Waals surface area (Å²) in [6.45, 7) is 5.84. The topological polar surface area (TPSA) is 102 Å². The SMILES string of the molecule is COC(=O)[C@@H](Cc1ccc(OCc2ccccc2)cc1)NC(=O)[C@]1(C)CC[C@H](C(=O)O)C1(C)C. The standard InChI is InChI=1S/C27H33NO6/c1-26(2)21(23(29)30)14-15-27(26,3)25(32)28-22(24(31)33-4)16-18-10-12-20(13-11-18)34-17-19-8-6-5-7-9-19/h5-13,21-22H,14-17H2,1-4H3,(H,28,32)(H,29,30)/t21-,22-,27+/m1/s1. The molecule has 2 aromatic rings. The highest BCUT2D eigenvalue weighted by atomic mass is 16.5. The third-order valence-electron chi connectivity index (χ3n) is 7.43. The smallest absolute Gasteiger partial charge is 0.328 e. The molecule has 7 heteroatoms. The highest BCUT2D eigenvalue weighted by Crippen LogP contribution is 2.56. The van der Waals surface area contributed by atoms with Crippen molar-refractivity contribution in [2.75, 3.05) is 7.11 Å². The number of carbonyl (C=O) groups excluding carboxylic acids is 2. The van der Waals surface area contributed by atoms with Gasteiger partial charge in [-0.25, -0.2) is 4.79 Å². The second-order valence-corrected chi connectivity index (χ2v) is 9.65. The summed E-state index contributed by atoms with van der Waals surface area (Å²) >= 11 is 0. The van der Waals surface area contributed by atoms with Crippen LogP contribution in [-0.2, 0) is 32.1 Å². The van der Waals surface area contributed by atoms with Crippen molar-refractivity contribution in [1.29, 1.82) is 0 Å². The van der Waals surface area contributed by atoms with Crippen molar-refractivity contribution in [2.24, 2.45) is 16.7 Å². The normalized spacial score (nSPS) is 21.9. The van der Waals surface area contributed by atoms with Gasteiger partial charge in [0.25, 0.3) is 0 Å². The van der Waals surface area contributed by atoms with Gasteiger partial charge in [0.05, 0.1) is 18.4 Å². The van der Waals surface area contributed by atoms with E-state index in [-0.39, 0.29) is 12.3 Å². The van der Waals surface area contributed by atoms with Crippen molar-refractivity contribution >= 4 is 17.8 Å². The van der Waals surface area contributed by atoms with Crippen molar-refractivity contribution in [3.8, 4) is 5.75 Å². The fraction of sp³-hybridized carbons (Fsp3) is 0.444. The van der Waals surface area contributed by atoms with Crippen molar-refractivity contribution in [3.05, 3.63) is 65.7 Å². The zero-order chi connectivity index (χ0) is 24.9. The molecule has 1 aliphatic carbocycles. The van der Waals surface area contributed by atoms with Crippen LogP contribution in [-0.4, -0.2) is 36.1 Å². The van der Waals surface area contributed by atoms with Crippen molar-refractivity contribution in [1.82, 2.24) is 5.32 Å². The van der Waals surface area contributed by atoms with Crippen LogP contribution in [0.2, 0.25) is 0 Å². The number of carboxylic acids is 1. The Morgan fingerprint density at radius 2 is 1.68 bits per heavy atom. The lowest BCUT2D eigenvalue weighted by Gasteiger charge is -2.39. The number of aliphatic carboxylic acids is 1. The van der Waals surface area contributed by atoms with Crippen LogP contribution in [0.3, 0.4) is 0 Å². The third-order valence-corrected chi connectivity index (χ3v) is 7.43. The second kappa shape index (κ2) is 10.3. The largest absolute Gasteiger partial charge is 0.489 e. The molecule has 0 spiro atoms. The molecule has 0 aliphatic heterocycles. The van der Waals surface area contributed by atoms with Crippen molar-refractivity contribution in [2.45, 2.75) is 52.7 Å². The van der Waals surface area contributed by atoms with Crippen molar-refractivity contribution in [3.63, 3.8) is 0 Å². The number of benzene rings is 2. The van der Waals surface area contributed by atoms with E-state index in [1.807, 2.05) is 54.6 Å². The van der Waals surface area contributed by atoms with E-state index in [1.165, 1.54) is 7.11 Å². The molecule has 34 heavy (non-hydrogen) atoms. The molecule has 2 N–H and O–H groups in total. The van der Waals surface area contributed by atoms with E-state index in [0.29, 0.717) is 25.2 Å². The van der Waals surface area contributed by atoms with E-state index in [4.69, 9.17) is 9.47 Å². The van der Waals surface area contributed by atoms with E-state index in [1.54, 1.807) is 20.8 Å². The molecule has 182 valence electrons. The van der Waals surface area contributed by atoms with Crippen LogP contribution in [0.5, 0.6) is 5.75 Å². The second-order valence-electron chi connectivity index (χ2n) is 9.65. The Bertz CT molecular complexity index is 1020. The molecule has 3 atom stereocenters. The summed E-state index contributed by atoms with van der Waals surface area (Å²) in [5.74, 6) is -1.71. The monoisotopic (exact) mass is 467 g/mol. The number of nitrogens with one attached hydrogen (secondary N) is 1. The van der Waals surface area contributed by atoms with Gasteiger partial charge < -0.3 is 19.9 Å². The molecular weight excluding hydrogens is 434 g/mol. The Hall–Kier alpha value is -3.35. The molecule has 3 rings (SSSR count). The van der Waals surface area contributed by atoms with Crippen LogP contribution in [0.25, 0.3) is 0 Å². The Morgan fingerprint density at radius 1 is 1.03 bits per heavy atom. The number of carboxylic acid groups (broad SMARTS) is 1. The number of ether oxygens (including phenoxy) is 2. The van der Waals surface area contributed by atoms with Crippen LogP contribution in [0, 0.1) is 16.7 Å². The summed E-state index contributed by atoms with van der Waals surface area (Å²) in [5.41, 5.74) is 0.217. The van der Waals surface area contributed by atoms with E-state index < -0.39 is 34.7 Å². The number of hydrogen-bond acceptors (Lipinski definition) is 5. The summed E-state index contributed by atoms with van der Waals surface area (Å²) in [7, 11) is 1.28. The maximum atomic E-state index is 13.3. The fourth-order valence-electron chi connectivity index (χ4n) is 4.69. The van der Waals surface area contributed by atoms with E-state index in [2.05, 4.69) is 5.32 Å². The molecule has 0 saturated heterocycles. The van der Waals surface area contributed by atoms with Crippen LogP contribution in [0.1, 0.15) is 44.7 Å². The lowest BCUT2D eigenvalue weighted by molar-refractivity contribution is -0.152. The molecule has 1 fully saturated rings. The summed E-state index contributed by atoms with van der Waals surface area (Å²) in [4.78, 5) is 37.5. The van der Waals surface area contributed by atoms with E-state index in [9.17, 15) is 19.5 Å². The Balaban J connectivity index is 1.67. The van der Waals surface area contributed by atoms with Gasteiger partial charge in [0.15, 0.2) is 0 Å². The van der Waals surface area contributed by atoms with Gasteiger partial charge in [0.2, 0.25) is 5.91 Å². The first kappa shape index (κ1) is 25.3. The number of rotatable bonds is 9. The van der Waals surface area contributed by atoms with Crippen molar-refractivity contribution < 1.29 is 29.0 Å². The Morgan fingerprint density at radius 3 is 2.24 bits per heavy atom. The molecule has 0 unspecified atom stereocenters. The molecule has 7 nitrogen and oxygen atoms in total. The number of amides is 1. The van der Waals surface area contributed by atoms with Crippen LogP contribution in [0.4, 0.5) is 0 Å². The van der Waals surface area contributed by atoms with Gasteiger partial charge in [-0.05, 0) is 41.5 Å². The van der Waals surface area contributed by atoms with Gasteiger partial charge >= 0.3 is 11.9 Å². The first-order chi connectivity index (χ1) is 16.1. The van der Waals surface area contributed by atoms with E-state index >= 15 is 0 Å². The molecule has 0 aromatic heterocycles. The zero-order valence-corrected chi connectivity index (χ0v) is 20.2. The van der Waals surface area contributed by atoms with E-state index in [0.717, 1.165) is 11.1 Å². The predicted octanol–water partition coefficient (Wildman–Crippen LogP) is 3.99. The molecule has 1 aliphatic rings. The Kier molecular flexibility index (Phi) is 7.64. The number of methoxy groups -OCH3 is 1. The van der Waals surface area contributed by atoms with Crippen LogP contribution < -0.4 is 10.1 Å². The average Bonchev–Trinajstić information content (AvgIpc) is 3.07. The quantitative estimate of drug-likeness (QED) is 0.541. The molecule has 1 saturated carbocycles. The average molecular weight is 468 g/mol. The summed E-state index contributed by atoms with van der Waals surface area (Å²) in [6, 6.07) is 16.3. The molecule has 0 bridgehead atoms. The first-order valence-electron chi connectivity index (χ1n) is 11.5. The van der Waals surface area contributed by atoms with Gasteiger partial charge in [-0.15, -0.1) is 0 Å².